The van der Waals surface area contributed by atoms with Crippen LogP contribution in [0.25, 0.3) is 0 Å². The van der Waals surface area contributed by atoms with E-state index in [0.29, 0.717) is 11.4 Å². The van der Waals surface area contributed by atoms with Gasteiger partial charge in [0.15, 0.2) is 0 Å². The minimum absolute atomic E-state index is 0.0429. The third-order valence-corrected chi connectivity index (χ3v) is 5.53. The maximum absolute atomic E-state index is 12.7. The molecule has 0 aromatic heterocycles. The average molecular weight is 436 g/mol. The van der Waals surface area contributed by atoms with E-state index < -0.39 is 21.8 Å². The lowest BCUT2D eigenvalue weighted by Crippen LogP contribution is -2.35. The first-order chi connectivity index (χ1) is 14.3. The number of anilines is 1. The molecular formula is C20H25N3O6S. The zero-order chi connectivity index (χ0) is 22.1. The van der Waals surface area contributed by atoms with Crippen molar-refractivity contribution in [3.63, 3.8) is 0 Å². The molecule has 0 unspecified atom stereocenters. The number of hydrogen-bond donors (Lipinski definition) is 2. The van der Waals surface area contributed by atoms with Crippen LogP contribution in [-0.4, -0.2) is 66.1 Å². The van der Waals surface area contributed by atoms with E-state index in [-0.39, 0.29) is 30.2 Å². The second kappa shape index (κ2) is 10.7. The number of benzene rings is 2. The van der Waals surface area contributed by atoms with E-state index in [4.69, 9.17) is 9.47 Å². The van der Waals surface area contributed by atoms with Crippen molar-refractivity contribution in [2.24, 2.45) is 0 Å². The van der Waals surface area contributed by atoms with Gasteiger partial charge in [-0.25, -0.2) is 13.1 Å². The molecule has 0 fully saturated rings. The monoisotopic (exact) mass is 435 g/mol. The fourth-order valence-corrected chi connectivity index (χ4v) is 3.63. The van der Waals surface area contributed by atoms with Crippen LogP contribution in [0.2, 0.25) is 0 Å². The Morgan fingerprint density at radius 2 is 1.80 bits per heavy atom. The van der Waals surface area contributed by atoms with Gasteiger partial charge in [-0.2, -0.15) is 0 Å². The van der Waals surface area contributed by atoms with Crippen molar-refractivity contribution in [3.8, 4) is 5.75 Å². The summed E-state index contributed by atoms with van der Waals surface area (Å²) < 4.78 is 37.0. The Balaban J connectivity index is 2.04. The number of likely N-dealkylation sites (N-methyl/N-ethyl adjacent to an activating group) is 1. The molecule has 0 radical (unpaired) electrons. The first-order valence-corrected chi connectivity index (χ1v) is 10.5. The lowest BCUT2D eigenvalue weighted by atomic mass is 10.2. The smallest absolute Gasteiger partial charge is 0.254 e. The van der Waals surface area contributed by atoms with E-state index in [1.165, 1.54) is 50.4 Å². The molecule has 0 bridgehead atoms. The summed E-state index contributed by atoms with van der Waals surface area (Å²) in [6.45, 7) is 0.128. The molecule has 0 saturated heterocycles. The topological polar surface area (TPSA) is 114 Å². The number of amides is 2. The first-order valence-electron chi connectivity index (χ1n) is 9.05. The van der Waals surface area contributed by atoms with Crippen LogP contribution in [-0.2, 0) is 19.6 Å². The molecule has 2 rings (SSSR count). The molecule has 10 heteroatoms. The molecule has 0 atom stereocenters. The van der Waals surface area contributed by atoms with Gasteiger partial charge in [-0.1, -0.05) is 12.1 Å². The quantitative estimate of drug-likeness (QED) is 0.544. The Bertz CT molecular complexity index is 994. The second-order valence-corrected chi connectivity index (χ2v) is 8.13. The molecular weight excluding hydrogens is 410 g/mol. The SMILES string of the molecule is COCCNS(=O)(=O)c1cccc(C(=O)N(C)CC(=O)Nc2cccc(OC)c2)c1. The van der Waals surface area contributed by atoms with Gasteiger partial charge in [0.2, 0.25) is 15.9 Å². The van der Waals surface area contributed by atoms with Gasteiger partial charge in [-0.3, -0.25) is 9.59 Å². The molecule has 0 saturated carbocycles. The average Bonchev–Trinajstić information content (AvgIpc) is 2.73. The normalized spacial score (nSPS) is 11.0. The molecule has 9 nitrogen and oxygen atoms in total. The molecule has 0 spiro atoms. The number of methoxy groups -OCH3 is 2. The minimum Gasteiger partial charge on any atom is -0.497 e. The van der Waals surface area contributed by atoms with Gasteiger partial charge < -0.3 is 19.7 Å². The Hall–Kier alpha value is -2.95. The van der Waals surface area contributed by atoms with Crippen LogP contribution in [0, 0.1) is 0 Å². The molecule has 162 valence electrons. The van der Waals surface area contributed by atoms with E-state index >= 15 is 0 Å². The summed E-state index contributed by atoms with van der Waals surface area (Å²) in [5.41, 5.74) is 0.691. The van der Waals surface area contributed by atoms with Crippen LogP contribution in [0.4, 0.5) is 5.69 Å². The van der Waals surface area contributed by atoms with Crippen LogP contribution in [0.15, 0.2) is 53.4 Å². The summed E-state index contributed by atoms with van der Waals surface area (Å²) in [4.78, 5) is 26.1. The number of ether oxygens (including phenoxy) is 2. The molecule has 2 N–H and O–H groups in total. The summed E-state index contributed by atoms with van der Waals surface area (Å²) in [5, 5.41) is 2.69. The van der Waals surface area contributed by atoms with Gasteiger partial charge >= 0.3 is 0 Å². The molecule has 30 heavy (non-hydrogen) atoms. The number of rotatable bonds is 10. The minimum atomic E-state index is -3.78. The van der Waals surface area contributed by atoms with E-state index in [2.05, 4.69) is 10.0 Å². The van der Waals surface area contributed by atoms with Crippen LogP contribution < -0.4 is 14.8 Å². The highest BCUT2D eigenvalue weighted by molar-refractivity contribution is 7.89. The number of nitrogens with zero attached hydrogens (tertiary/aromatic N) is 1. The molecule has 0 heterocycles. The van der Waals surface area contributed by atoms with Gasteiger partial charge in [-0.15, -0.1) is 0 Å². The summed E-state index contributed by atoms with van der Waals surface area (Å²) >= 11 is 0. The third-order valence-electron chi connectivity index (χ3n) is 4.07. The lowest BCUT2D eigenvalue weighted by molar-refractivity contribution is -0.116. The number of sulfonamides is 1. The van der Waals surface area contributed by atoms with Gasteiger partial charge in [0, 0.05) is 38.0 Å². The van der Waals surface area contributed by atoms with Crippen molar-refractivity contribution in [1.29, 1.82) is 0 Å². The Morgan fingerprint density at radius 3 is 2.50 bits per heavy atom. The van der Waals surface area contributed by atoms with Gasteiger partial charge in [0.1, 0.15) is 5.75 Å². The summed E-state index contributed by atoms with van der Waals surface area (Å²) in [6.07, 6.45) is 0. The third kappa shape index (κ3) is 6.55. The zero-order valence-electron chi connectivity index (χ0n) is 17.0. The zero-order valence-corrected chi connectivity index (χ0v) is 17.9. The van der Waals surface area contributed by atoms with E-state index in [9.17, 15) is 18.0 Å². The summed E-state index contributed by atoms with van der Waals surface area (Å²) in [6, 6.07) is 12.5. The van der Waals surface area contributed by atoms with Crippen molar-refractivity contribution >= 4 is 27.5 Å². The van der Waals surface area contributed by atoms with Gasteiger partial charge in [-0.05, 0) is 30.3 Å². The molecule has 0 aliphatic carbocycles. The van der Waals surface area contributed by atoms with Crippen molar-refractivity contribution in [3.05, 3.63) is 54.1 Å². The van der Waals surface area contributed by atoms with Gasteiger partial charge in [0.25, 0.3) is 5.91 Å². The number of carbonyl (C=O) groups is 2. The van der Waals surface area contributed by atoms with Crippen LogP contribution in [0.5, 0.6) is 5.75 Å². The molecule has 2 aromatic rings. The number of hydrogen-bond acceptors (Lipinski definition) is 6. The van der Waals surface area contributed by atoms with Crippen LogP contribution in [0.1, 0.15) is 10.4 Å². The Morgan fingerprint density at radius 1 is 1.07 bits per heavy atom. The fraction of sp³-hybridized carbons (Fsp3) is 0.300. The first kappa shape index (κ1) is 23.3. The summed E-state index contributed by atoms with van der Waals surface area (Å²) in [5.74, 6) is -0.289. The highest BCUT2D eigenvalue weighted by Crippen LogP contribution is 2.17. The predicted molar refractivity (Wildman–Crippen MR) is 112 cm³/mol. The number of carbonyl (C=O) groups excluding carboxylic acids is 2. The highest BCUT2D eigenvalue weighted by atomic mass is 32.2. The Labute approximate surface area is 176 Å². The van der Waals surface area contributed by atoms with E-state index in [0.717, 1.165) is 0 Å². The largest absolute Gasteiger partial charge is 0.497 e. The summed E-state index contributed by atoms with van der Waals surface area (Å²) in [7, 11) is 0.676. The standard InChI is InChI=1S/C20H25N3O6S/c1-23(14-19(24)22-16-7-5-8-17(13-16)29-3)20(25)15-6-4-9-18(12-15)30(26,27)21-10-11-28-2/h4-9,12-13,21H,10-11,14H2,1-3H3,(H,22,24). The predicted octanol–water partition coefficient (Wildman–Crippen LogP) is 1.33. The van der Waals surface area contributed by atoms with Crippen molar-refractivity contribution in [2.45, 2.75) is 4.90 Å². The molecule has 0 aliphatic rings. The van der Waals surface area contributed by atoms with Crippen LogP contribution in [0.3, 0.4) is 0 Å². The second-order valence-electron chi connectivity index (χ2n) is 6.36. The maximum Gasteiger partial charge on any atom is 0.254 e. The maximum atomic E-state index is 12.7. The number of nitrogens with one attached hydrogen (secondary N) is 2. The molecule has 0 aliphatic heterocycles. The molecule has 2 aromatic carbocycles. The van der Waals surface area contributed by atoms with Crippen molar-refractivity contribution < 1.29 is 27.5 Å². The van der Waals surface area contributed by atoms with E-state index in [1.54, 1.807) is 24.3 Å². The van der Waals surface area contributed by atoms with Crippen molar-refractivity contribution in [1.82, 2.24) is 9.62 Å². The Kier molecular flexibility index (Phi) is 8.34. The lowest BCUT2D eigenvalue weighted by Gasteiger charge is -2.17. The van der Waals surface area contributed by atoms with E-state index in [1.807, 2.05) is 0 Å². The highest BCUT2D eigenvalue weighted by Gasteiger charge is 2.19. The van der Waals surface area contributed by atoms with Crippen LogP contribution >= 0.6 is 0 Å². The van der Waals surface area contributed by atoms with Crippen molar-refractivity contribution in [2.75, 3.05) is 46.3 Å². The molecule has 2 amide bonds. The fourth-order valence-electron chi connectivity index (χ4n) is 2.57. The van der Waals surface area contributed by atoms with Gasteiger partial charge in [0.05, 0.1) is 25.2 Å².